The molecule has 5 nitrogen and oxygen atoms in total. The number of anilines is 1. The molecule has 5 rings (SSSR count). The maximum Gasteiger partial charge on any atom is 0.175 e. The predicted molar refractivity (Wildman–Crippen MR) is 101 cm³/mol. The van der Waals surface area contributed by atoms with Crippen molar-refractivity contribution >= 4 is 17.0 Å². The zero-order chi connectivity index (χ0) is 16.6. The lowest BCUT2D eigenvalue weighted by atomic mass is 10.2. The van der Waals surface area contributed by atoms with Gasteiger partial charge < -0.3 is 19.7 Å². The highest BCUT2D eigenvalue weighted by atomic mass is 32.1. The summed E-state index contributed by atoms with van der Waals surface area (Å²) >= 11 is 1.75. The van der Waals surface area contributed by atoms with Crippen LogP contribution in [-0.4, -0.2) is 68.5 Å². The fraction of sp³-hybridized carbons (Fsp3) is 0.789. The van der Waals surface area contributed by atoms with Gasteiger partial charge in [-0.15, -0.1) is 11.3 Å². The van der Waals surface area contributed by atoms with Gasteiger partial charge >= 0.3 is 0 Å². The van der Waals surface area contributed by atoms with E-state index in [1.807, 2.05) is 0 Å². The van der Waals surface area contributed by atoms with Crippen molar-refractivity contribution in [3.05, 3.63) is 11.4 Å². The molecule has 4 aliphatic rings. The van der Waals surface area contributed by atoms with Crippen LogP contribution in [0.5, 0.6) is 5.06 Å². The number of piperazine rings is 1. The highest BCUT2D eigenvalue weighted by Gasteiger charge is 2.36. The highest BCUT2D eigenvalue weighted by Crippen LogP contribution is 2.33. The lowest BCUT2D eigenvalue weighted by molar-refractivity contribution is -0.0160. The maximum absolute atomic E-state index is 6.05. The lowest BCUT2D eigenvalue weighted by Gasteiger charge is -2.34. The van der Waals surface area contributed by atoms with Crippen LogP contribution >= 0.6 is 11.3 Å². The molecule has 0 aromatic carbocycles. The Morgan fingerprint density at radius 2 is 1.88 bits per heavy atom. The van der Waals surface area contributed by atoms with Crippen LogP contribution in [0.15, 0.2) is 11.4 Å². The summed E-state index contributed by atoms with van der Waals surface area (Å²) < 4.78 is 11.7. The van der Waals surface area contributed by atoms with Crippen molar-refractivity contribution in [2.45, 2.75) is 56.3 Å². The number of rotatable bonds is 6. The SMILES string of the molecule is c1sc(OCCCN2C3CCC2COC3)cc1N1C[C@H]2CC[C@@H](C1)N2. The van der Waals surface area contributed by atoms with Gasteiger partial charge in [-0.1, -0.05) is 0 Å². The molecule has 0 radical (unpaired) electrons. The van der Waals surface area contributed by atoms with Crippen LogP contribution in [0.3, 0.4) is 0 Å². The Kier molecular flexibility index (Phi) is 4.62. The number of nitrogens with zero attached hydrogens (tertiary/aromatic N) is 2. The third kappa shape index (κ3) is 3.42. The van der Waals surface area contributed by atoms with E-state index in [9.17, 15) is 0 Å². The monoisotopic (exact) mass is 363 g/mol. The van der Waals surface area contributed by atoms with E-state index in [2.05, 4.69) is 26.6 Å². The number of nitrogens with one attached hydrogen (secondary N) is 1. The number of morpholine rings is 1. The fourth-order valence-electron chi connectivity index (χ4n) is 5.05. The Balaban J connectivity index is 1.08. The fourth-order valence-corrected chi connectivity index (χ4v) is 5.85. The van der Waals surface area contributed by atoms with E-state index in [4.69, 9.17) is 9.47 Å². The molecule has 0 saturated carbocycles. The predicted octanol–water partition coefficient (Wildman–Crippen LogP) is 2.32. The summed E-state index contributed by atoms with van der Waals surface area (Å²) in [4.78, 5) is 5.19. The van der Waals surface area contributed by atoms with E-state index in [1.54, 1.807) is 11.3 Å². The van der Waals surface area contributed by atoms with E-state index in [-0.39, 0.29) is 0 Å². The zero-order valence-corrected chi connectivity index (χ0v) is 15.7. The molecule has 4 atom stereocenters. The van der Waals surface area contributed by atoms with Crippen LogP contribution in [-0.2, 0) is 4.74 Å². The maximum atomic E-state index is 6.05. The molecule has 1 N–H and O–H groups in total. The second kappa shape index (κ2) is 7.06. The van der Waals surface area contributed by atoms with Crippen LogP contribution in [0.2, 0.25) is 0 Å². The second-order valence-corrected chi connectivity index (χ2v) is 8.90. The van der Waals surface area contributed by atoms with Gasteiger partial charge in [-0.2, -0.15) is 0 Å². The summed E-state index contributed by atoms with van der Waals surface area (Å²) in [6.45, 7) is 6.12. The molecule has 0 amide bonds. The number of hydrogen-bond donors (Lipinski definition) is 1. The number of thiophene rings is 1. The molecular formula is C19H29N3O2S. The topological polar surface area (TPSA) is 37.0 Å². The molecule has 4 saturated heterocycles. The molecule has 4 aliphatic heterocycles. The average Bonchev–Trinajstić information content (AvgIpc) is 3.28. The molecule has 4 bridgehead atoms. The quantitative estimate of drug-likeness (QED) is 0.785. The van der Waals surface area contributed by atoms with Gasteiger partial charge in [0.2, 0.25) is 0 Å². The van der Waals surface area contributed by atoms with Gasteiger partial charge in [0.1, 0.15) is 0 Å². The third-order valence-corrected chi connectivity index (χ3v) is 7.17. The first-order valence-corrected chi connectivity index (χ1v) is 10.8. The highest BCUT2D eigenvalue weighted by molar-refractivity contribution is 7.12. The van der Waals surface area contributed by atoms with Crippen LogP contribution < -0.4 is 15.0 Å². The third-order valence-electron chi connectivity index (χ3n) is 6.34. The van der Waals surface area contributed by atoms with Gasteiger partial charge in [-0.3, -0.25) is 4.90 Å². The van der Waals surface area contributed by atoms with Crippen molar-refractivity contribution in [1.82, 2.24) is 10.2 Å². The minimum atomic E-state index is 0.662. The number of fused-ring (bicyclic) bond motifs is 4. The van der Waals surface area contributed by atoms with Crippen molar-refractivity contribution in [3.8, 4) is 5.06 Å². The summed E-state index contributed by atoms with van der Waals surface area (Å²) in [5.74, 6) is 0. The van der Waals surface area contributed by atoms with Crippen molar-refractivity contribution < 1.29 is 9.47 Å². The molecule has 4 fully saturated rings. The summed E-state index contributed by atoms with van der Waals surface area (Å²) in [6.07, 6.45) is 6.40. The molecule has 0 aliphatic carbocycles. The summed E-state index contributed by atoms with van der Waals surface area (Å²) in [5.41, 5.74) is 1.35. The molecule has 6 heteroatoms. The standard InChI is InChI=1S/C19H29N3O2S/c1(6-22-16-4-5-17(22)12-23-11-16)7-24-19-8-18(13-25-19)21-9-14-2-3-15(10-21)20-14/h8,13-17,20H,1-7,9-12H2/t14-,15+,16?,17?. The van der Waals surface area contributed by atoms with Crippen LogP contribution in [0.1, 0.15) is 32.1 Å². The van der Waals surface area contributed by atoms with Gasteiger partial charge in [0.15, 0.2) is 5.06 Å². The van der Waals surface area contributed by atoms with E-state index in [0.29, 0.717) is 24.2 Å². The normalized spacial score (nSPS) is 34.6. The summed E-state index contributed by atoms with van der Waals surface area (Å²) in [5, 5.41) is 7.04. The van der Waals surface area contributed by atoms with Gasteiger partial charge in [0.05, 0.1) is 25.5 Å². The molecule has 25 heavy (non-hydrogen) atoms. The van der Waals surface area contributed by atoms with Gasteiger partial charge in [0, 0.05) is 55.2 Å². The van der Waals surface area contributed by atoms with E-state index in [0.717, 1.165) is 50.9 Å². The lowest BCUT2D eigenvalue weighted by Crippen LogP contribution is -2.51. The van der Waals surface area contributed by atoms with E-state index >= 15 is 0 Å². The van der Waals surface area contributed by atoms with Crippen molar-refractivity contribution in [3.63, 3.8) is 0 Å². The van der Waals surface area contributed by atoms with Gasteiger partial charge in [0.25, 0.3) is 0 Å². The second-order valence-electron chi connectivity index (χ2n) is 8.03. The van der Waals surface area contributed by atoms with Crippen LogP contribution in [0, 0.1) is 0 Å². The van der Waals surface area contributed by atoms with Crippen LogP contribution in [0.25, 0.3) is 0 Å². The molecule has 138 valence electrons. The number of hydrogen-bond acceptors (Lipinski definition) is 6. The van der Waals surface area contributed by atoms with E-state index in [1.165, 1.54) is 31.4 Å². The molecule has 5 heterocycles. The first-order valence-electron chi connectivity index (χ1n) is 9.91. The van der Waals surface area contributed by atoms with Crippen LogP contribution in [0.4, 0.5) is 5.69 Å². The van der Waals surface area contributed by atoms with Crippen molar-refractivity contribution in [1.29, 1.82) is 0 Å². The Hall–Kier alpha value is -0.820. The first-order chi connectivity index (χ1) is 12.3. The Morgan fingerprint density at radius 3 is 2.64 bits per heavy atom. The average molecular weight is 364 g/mol. The molecule has 1 aromatic rings. The molecule has 1 aromatic heterocycles. The van der Waals surface area contributed by atoms with Crippen molar-refractivity contribution in [2.24, 2.45) is 0 Å². The minimum Gasteiger partial charge on any atom is -0.484 e. The van der Waals surface area contributed by atoms with E-state index < -0.39 is 0 Å². The largest absolute Gasteiger partial charge is 0.484 e. The smallest absolute Gasteiger partial charge is 0.175 e. The summed E-state index contributed by atoms with van der Waals surface area (Å²) in [6, 6.07) is 4.94. The Morgan fingerprint density at radius 1 is 1.12 bits per heavy atom. The minimum absolute atomic E-state index is 0.662. The molecule has 2 unspecified atom stereocenters. The molecular weight excluding hydrogens is 334 g/mol. The summed E-state index contributed by atoms with van der Waals surface area (Å²) in [7, 11) is 0. The van der Waals surface area contributed by atoms with Gasteiger partial charge in [-0.05, 0) is 32.1 Å². The first kappa shape index (κ1) is 16.4. The Bertz CT molecular complexity index is 567. The van der Waals surface area contributed by atoms with Crippen molar-refractivity contribution in [2.75, 3.05) is 44.4 Å². The number of ether oxygens (including phenoxy) is 2. The Labute approximate surface area is 154 Å². The van der Waals surface area contributed by atoms with Gasteiger partial charge in [-0.25, -0.2) is 0 Å². The molecule has 0 spiro atoms. The zero-order valence-electron chi connectivity index (χ0n) is 14.9.